The standard InChI is InChI=1S/C21H23N3O/c1-14-7-6-9-19(15(14)2)24-21-17(11-12-22-21)18(23-24)13-16-8-4-5-10-20(16)25-3/h4-10,22H,11-13H2,1-3H3. The second kappa shape index (κ2) is 6.28. The highest BCUT2D eigenvalue weighted by molar-refractivity contribution is 5.60. The van der Waals surface area contributed by atoms with Crippen LogP contribution in [0.25, 0.3) is 5.69 Å². The molecule has 4 rings (SSSR count). The molecule has 0 saturated heterocycles. The van der Waals surface area contributed by atoms with Crippen molar-refractivity contribution < 1.29 is 4.74 Å². The van der Waals surface area contributed by atoms with E-state index >= 15 is 0 Å². The number of aryl methyl sites for hydroxylation is 1. The summed E-state index contributed by atoms with van der Waals surface area (Å²) in [6, 6.07) is 14.6. The van der Waals surface area contributed by atoms with E-state index in [9.17, 15) is 0 Å². The van der Waals surface area contributed by atoms with Crippen LogP contribution in [-0.4, -0.2) is 23.4 Å². The molecule has 0 saturated carbocycles. The predicted octanol–water partition coefficient (Wildman–Crippen LogP) is 4.06. The molecule has 2 heterocycles. The van der Waals surface area contributed by atoms with Crippen LogP contribution in [-0.2, 0) is 12.8 Å². The Kier molecular flexibility index (Phi) is 3.96. The van der Waals surface area contributed by atoms with Gasteiger partial charge in [-0.3, -0.25) is 0 Å². The maximum absolute atomic E-state index is 5.51. The van der Waals surface area contributed by atoms with Gasteiger partial charge in [0.2, 0.25) is 0 Å². The molecule has 0 spiro atoms. The van der Waals surface area contributed by atoms with Crippen molar-refractivity contribution in [3.8, 4) is 11.4 Å². The van der Waals surface area contributed by atoms with Crippen LogP contribution in [0.5, 0.6) is 5.75 Å². The van der Waals surface area contributed by atoms with E-state index in [-0.39, 0.29) is 0 Å². The lowest BCUT2D eigenvalue weighted by Crippen LogP contribution is -2.07. The van der Waals surface area contributed by atoms with Gasteiger partial charge in [-0.05, 0) is 43.5 Å². The normalized spacial score (nSPS) is 12.8. The molecule has 1 aromatic heterocycles. The molecule has 1 aliphatic rings. The number of nitrogens with one attached hydrogen (secondary N) is 1. The molecule has 25 heavy (non-hydrogen) atoms. The number of nitrogens with zero attached hydrogens (tertiary/aromatic N) is 2. The summed E-state index contributed by atoms with van der Waals surface area (Å²) in [5.41, 5.74) is 7.33. The van der Waals surface area contributed by atoms with Crippen LogP contribution in [0, 0.1) is 13.8 Å². The molecule has 0 bridgehead atoms. The molecular formula is C21H23N3O. The number of hydrogen-bond acceptors (Lipinski definition) is 3. The summed E-state index contributed by atoms with van der Waals surface area (Å²) in [5, 5.41) is 8.49. The number of benzene rings is 2. The molecule has 0 atom stereocenters. The number of hydrogen-bond donors (Lipinski definition) is 1. The van der Waals surface area contributed by atoms with Gasteiger partial charge in [-0.1, -0.05) is 30.3 Å². The van der Waals surface area contributed by atoms with Crippen molar-refractivity contribution in [2.45, 2.75) is 26.7 Å². The van der Waals surface area contributed by atoms with Gasteiger partial charge >= 0.3 is 0 Å². The molecule has 1 N–H and O–H groups in total. The minimum absolute atomic E-state index is 0.784. The van der Waals surface area contributed by atoms with Gasteiger partial charge in [0.25, 0.3) is 0 Å². The largest absolute Gasteiger partial charge is 0.496 e. The molecule has 0 aliphatic carbocycles. The van der Waals surface area contributed by atoms with Crippen molar-refractivity contribution in [3.63, 3.8) is 0 Å². The van der Waals surface area contributed by atoms with Crippen LogP contribution in [0.2, 0.25) is 0 Å². The fourth-order valence-corrected chi connectivity index (χ4v) is 3.56. The Balaban J connectivity index is 1.80. The molecule has 2 aromatic carbocycles. The highest BCUT2D eigenvalue weighted by Gasteiger charge is 2.24. The summed E-state index contributed by atoms with van der Waals surface area (Å²) < 4.78 is 7.59. The third-order valence-corrected chi connectivity index (χ3v) is 5.09. The number of para-hydroxylation sites is 1. The SMILES string of the molecule is COc1ccccc1Cc1nn(-c2cccc(C)c2C)c2c1CCN2. The summed E-state index contributed by atoms with van der Waals surface area (Å²) in [6.45, 7) is 5.27. The van der Waals surface area contributed by atoms with Gasteiger partial charge in [0.15, 0.2) is 0 Å². The van der Waals surface area contributed by atoms with E-state index in [0.717, 1.165) is 42.3 Å². The number of fused-ring (bicyclic) bond motifs is 1. The third kappa shape index (κ3) is 2.68. The second-order valence-electron chi connectivity index (χ2n) is 6.57. The van der Waals surface area contributed by atoms with Crippen molar-refractivity contribution in [2.75, 3.05) is 19.0 Å². The maximum atomic E-state index is 5.51. The summed E-state index contributed by atoms with van der Waals surface area (Å²) >= 11 is 0. The van der Waals surface area contributed by atoms with E-state index in [2.05, 4.69) is 54.2 Å². The highest BCUT2D eigenvalue weighted by Crippen LogP contribution is 2.32. The van der Waals surface area contributed by atoms with E-state index in [1.807, 2.05) is 12.1 Å². The van der Waals surface area contributed by atoms with Crippen molar-refractivity contribution in [3.05, 3.63) is 70.4 Å². The second-order valence-corrected chi connectivity index (χ2v) is 6.57. The van der Waals surface area contributed by atoms with Gasteiger partial charge < -0.3 is 10.1 Å². The Labute approximate surface area is 148 Å². The molecule has 0 fully saturated rings. The van der Waals surface area contributed by atoms with E-state index in [1.165, 1.54) is 22.3 Å². The van der Waals surface area contributed by atoms with Crippen molar-refractivity contribution in [1.29, 1.82) is 0 Å². The molecule has 0 unspecified atom stereocenters. The van der Waals surface area contributed by atoms with Gasteiger partial charge in [0.05, 0.1) is 18.5 Å². The Morgan fingerprint density at radius 1 is 1.12 bits per heavy atom. The van der Waals surface area contributed by atoms with E-state index < -0.39 is 0 Å². The van der Waals surface area contributed by atoms with Crippen molar-refractivity contribution in [1.82, 2.24) is 9.78 Å². The maximum Gasteiger partial charge on any atom is 0.133 e. The lowest BCUT2D eigenvalue weighted by Gasteiger charge is -2.11. The highest BCUT2D eigenvalue weighted by atomic mass is 16.5. The van der Waals surface area contributed by atoms with Crippen LogP contribution in [0.3, 0.4) is 0 Å². The topological polar surface area (TPSA) is 39.1 Å². The minimum atomic E-state index is 0.784. The molecule has 0 radical (unpaired) electrons. The smallest absolute Gasteiger partial charge is 0.133 e. The number of rotatable bonds is 4. The van der Waals surface area contributed by atoms with Crippen LogP contribution in [0.1, 0.15) is 27.9 Å². The number of ether oxygens (including phenoxy) is 1. The average Bonchev–Trinajstić information content (AvgIpc) is 3.22. The first-order valence-corrected chi connectivity index (χ1v) is 8.72. The first-order valence-electron chi connectivity index (χ1n) is 8.72. The Morgan fingerprint density at radius 3 is 2.80 bits per heavy atom. The Hall–Kier alpha value is -2.75. The molecule has 128 valence electrons. The number of aromatic nitrogens is 2. The monoisotopic (exact) mass is 333 g/mol. The first kappa shape index (κ1) is 15.8. The molecular weight excluding hydrogens is 310 g/mol. The average molecular weight is 333 g/mol. The van der Waals surface area contributed by atoms with Gasteiger partial charge in [-0.15, -0.1) is 0 Å². The zero-order valence-electron chi connectivity index (χ0n) is 15.0. The van der Waals surface area contributed by atoms with Gasteiger partial charge in [-0.25, -0.2) is 4.68 Å². The number of anilines is 1. The zero-order valence-corrected chi connectivity index (χ0v) is 15.0. The fourth-order valence-electron chi connectivity index (χ4n) is 3.56. The first-order chi connectivity index (χ1) is 12.2. The lowest BCUT2D eigenvalue weighted by atomic mass is 10.0. The molecule has 4 nitrogen and oxygen atoms in total. The van der Waals surface area contributed by atoms with Crippen LogP contribution in [0.4, 0.5) is 5.82 Å². The third-order valence-electron chi connectivity index (χ3n) is 5.09. The summed E-state index contributed by atoms with van der Waals surface area (Å²) in [7, 11) is 1.72. The van der Waals surface area contributed by atoms with E-state index in [0.29, 0.717) is 0 Å². The van der Waals surface area contributed by atoms with Crippen molar-refractivity contribution in [2.24, 2.45) is 0 Å². The van der Waals surface area contributed by atoms with E-state index in [1.54, 1.807) is 7.11 Å². The Bertz CT molecular complexity index is 927. The molecule has 3 aromatic rings. The predicted molar refractivity (Wildman–Crippen MR) is 101 cm³/mol. The summed E-state index contributed by atoms with van der Waals surface area (Å²) in [4.78, 5) is 0. The zero-order chi connectivity index (χ0) is 17.4. The summed E-state index contributed by atoms with van der Waals surface area (Å²) in [6.07, 6.45) is 1.80. The molecule has 4 heteroatoms. The van der Waals surface area contributed by atoms with Gasteiger partial charge in [-0.2, -0.15) is 5.10 Å². The fraction of sp³-hybridized carbons (Fsp3) is 0.286. The summed E-state index contributed by atoms with van der Waals surface area (Å²) in [5.74, 6) is 2.06. The van der Waals surface area contributed by atoms with Crippen LogP contribution < -0.4 is 10.1 Å². The minimum Gasteiger partial charge on any atom is -0.496 e. The van der Waals surface area contributed by atoms with Crippen LogP contribution in [0.15, 0.2) is 42.5 Å². The lowest BCUT2D eigenvalue weighted by molar-refractivity contribution is 0.410. The molecule has 0 amide bonds. The molecule has 1 aliphatic heterocycles. The van der Waals surface area contributed by atoms with Gasteiger partial charge in [0.1, 0.15) is 11.6 Å². The quantitative estimate of drug-likeness (QED) is 0.783. The number of methoxy groups -OCH3 is 1. The van der Waals surface area contributed by atoms with Gasteiger partial charge in [0, 0.05) is 24.1 Å². The van der Waals surface area contributed by atoms with E-state index in [4.69, 9.17) is 9.84 Å². The van der Waals surface area contributed by atoms with Crippen molar-refractivity contribution >= 4 is 5.82 Å². The Morgan fingerprint density at radius 2 is 1.96 bits per heavy atom. The van der Waals surface area contributed by atoms with Crippen LogP contribution >= 0.6 is 0 Å².